The van der Waals surface area contributed by atoms with Crippen molar-refractivity contribution < 1.29 is 0 Å². The minimum atomic E-state index is 0.909. The molecule has 0 aliphatic heterocycles. The zero-order valence-electron chi connectivity index (χ0n) is 12.2. The maximum atomic E-state index is 4.39. The number of likely N-dealkylation sites (N-methyl/N-ethyl adjacent to an activating group) is 1. The predicted octanol–water partition coefficient (Wildman–Crippen LogP) is 2.61. The fourth-order valence-electron chi connectivity index (χ4n) is 1.69. The Hall–Kier alpha value is -0.650. The van der Waals surface area contributed by atoms with Crippen molar-refractivity contribution in [2.75, 3.05) is 33.7 Å². The van der Waals surface area contributed by atoms with Gasteiger partial charge in [-0.1, -0.05) is 13.0 Å². The van der Waals surface area contributed by atoms with Gasteiger partial charge < -0.3 is 10.2 Å². The average Bonchev–Trinajstić information content (AvgIpc) is 2.72. The predicted molar refractivity (Wildman–Crippen MR) is 85.3 cm³/mol. The fraction of sp³-hybridized carbons (Fsp3) is 0.643. The van der Waals surface area contributed by atoms with Crippen molar-refractivity contribution in [1.29, 1.82) is 0 Å². The third kappa shape index (κ3) is 6.36. The second kappa shape index (κ2) is 9.28. The van der Waals surface area contributed by atoms with Gasteiger partial charge in [0.15, 0.2) is 0 Å². The molecule has 4 nitrogen and oxygen atoms in total. The number of nitrogens with zero attached hydrogens (tertiary/aromatic N) is 3. The van der Waals surface area contributed by atoms with E-state index in [4.69, 9.17) is 0 Å². The van der Waals surface area contributed by atoms with Crippen LogP contribution in [-0.4, -0.2) is 48.4 Å². The minimum Gasteiger partial charge on any atom is -0.316 e. The Morgan fingerprint density at radius 1 is 1.42 bits per heavy atom. The van der Waals surface area contributed by atoms with Crippen LogP contribution in [0.4, 0.5) is 0 Å². The lowest BCUT2D eigenvalue weighted by Gasteiger charge is -2.10. The van der Waals surface area contributed by atoms with Gasteiger partial charge in [0.2, 0.25) is 0 Å². The number of nitrogens with one attached hydrogen (secondary N) is 1. The number of hydrogen-bond acceptors (Lipinski definition) is 3. The maximum absolute atomic E-state index is 4.39. The summed E-state index contributed by atoms with van der Waals surface area (Å²) in [7, 11) is 4.15. The second-order valence-corrected chi connectivity index (χ2v) is 5.70. The average molecular weight is 329 g/mol. The molecule has 0 saturated heterocycles. The quantitative estimate of drug-likeness (QED) is 0.707. The minimum absolute atomic E-state index is 0.909. The Morgan fingerprint density at radius 3 is 2.89 bits per heavy atom. The van der Waals surface area contributed by atoms with Crippen molar-refractivity contribution in [2.24, 2.45) is 0 Å². The van der Waals surface area contributed by atoms with Crippen LogP contribution in [0.5, 0.6) is 0 Å². The molecule has 0 fully saturated rings. The molecule has 1 heterocycles. The molecule has 0 unspecified atom stereocenters. The van der Waals surface area contributed by atoms with Gasteiger partial charge in [0.05, 0.1) is 22.9 Å². The lowest BCUT2D eigenvalue weighted by molar-refractivity contribution is 0.372. The van der Waals surface area contributed by atoms with Crippen molar-refractivity contribution in [3.63, 3.8) is 0 Å². The SMILES string of the molecule is CCCNCC/C=C/c1c(Br)cnn1CCN(C)C. The molecular formula is C14H25BrN4. The highest BCUT2D eigenvalue weighted by molar-refractivity contribution is 9.10. The largest absolute Gasteiger partial charge is 0.316 e. The van der Waals surface area contributed by atoms with Crippen molar-refractivity contribution in [3.8, 4) is 0 Å². The van der Waals surface area contributed by atoms with E-state index in [-0.39, 0.29) is 0 Å². The summed E-state index contributed by atoms with van der Waals surface area (Å²) < 4.78 is 3.10. The van der Waals surface area contributed by atoms with E-state index in [9.17, 15) is 0 Å². The lowest BCUT2D eigenvalue weighted by Crippen LogP contribution is -2.19. The summed E-state index contributed by atoms with van der Waals surface area (Å²) in [5, 5.41) is 7.78. The zero-order valence-corrected chi connectivity index (χ0v) is 13.8. The van der Waals surface area contributed by atoms with Crippen molar-refractivity contribution in [3.05, 3.63) is 22.4 Å². The summed E-state index contributed by atoms with van der Waals surface area (Å²) in [6.07, 6.45) is 8.46. The third-order valence-electron chi connectivity index (χ3n) is 2.78. The van der Waals surface area contributed by atoms with Crippen LogP contribution in [0.1, 0.15) is 25.5 Å². The molecule has 108 valence electrons. The van der Waals surface area contributed by atoms with Gasteiger partial charge in [0.25, 0.3) is 0 Å². The molecule has 1 rings (SSSR count). The molecule has 1 N–H and O–H groups in total. The van der Waals surface area contributed by atoms with Gasteiger partial charge in [-0.2, -0.15) is 5.10 Å². The van der Waals surface area contributed by atoms with Crippen LogP contribution in [0.3, 0.4) is 0 Å². The maximum Gasteiger partial charge on any atom is 0.0749 e. The van der Waals surface area contributed by atoms with Gasteiger partial charge in [0, 0.05) is 6.54 Å². The highest BCUT2D eigenvalue weighted by atomic mass is 79.9. The Balaban J connectivity index is 2.47. The zero-order chi connectivity index (χ0) is 14.1. The van der Waals surface area contributed by atoms with Gasteiger partial charge in [-0.3, -0.25) is 4.68 Å². The molecular weight excluding hydrogens is 304 g/mol. The Morgan fingerprint density at radius 2 is 2.21 bits per heavy atom. The molecule has 5 heteroatoms. The number of hydrogen-bond donors (Lipinski definition) is 1. The molecule has 1 aromatic rings. The monoisotopic (exact) mass is 328 g/mol. The van der Waals surface area contributed by atoms with E-state index < -0.39 is 0 Å². The van der Waals surface area contributed by atoms with Crippen molar-refractivity contribution in [1.82, 2.24) is 20.0 Å². The van der Waals surface area contributed by atoms with Crippen LogP contribution in [0.2, 0.25) is 0 Å². The molecule has 0 atom stereocenters. The van der Waals surface area contributed by atoms with E-state index in [2.05, 4.69) is 64.4 Å². The van der Waals surface area contributed by atoms with E-state index >= 15 is 0 Å². The second-order valence-electron chi connectivity index (χ2n) is 4.85. The number of rotatable bonds is 9. The molecule has 0 aliphatic rings. The lowest BCUT2D eigenvalue weighted by atomic mass is 10.3. The van der Waals surface area contributed by atoms with E-state index in [1.807, 2.05) is 10.9 Å². The smallest absolute Gasteiger partial charge is 0.0749 e. The standard InChI is InChI=1S/C14H25BrN4/c1-4-8-16-9-6-5-7-14-13(15)12-17-19(14)11-10-18(2)3/h5,7,12,16H,4,6,8-11H2,1-3H3/b7-5+. The van der Waals surface area contributed by atoms with Crippen LogP contribution in [0, 0.1) is 0 Å². The van der Waals surface area contributed by atoms with E-state index in [1.165, 1.54) is 6.42 Å². The highest BCUT2D eigenvalue weighted by Gasteiger charge is 2.05. The first-order chi connectivity index (χ1) is 9.15. The first-order valence-electron chi connectivity index (χ1n) is 6.88. The van der Waals surface area contributed by atoms with Gasteiger partial charge >= 0.3 is 0 Å². The first kappa shape index (κ1) is 16.4. The summed E-state index contributed by atoms with van der Waals surface area (Å²) in [6.45, 7) is 6.22. The molecule has 0 aromatic carbocycles. The van der Waals surface area contributed by atoms with Crippen LogP contribution < -0.4 is 5.32 Å². The fourth-order valence-corrected chi connectivity index (χ4v) is 2.12. The molecule has 0 saturated carbocycles. The van der Waals surface area contributed by atoms with Gasteiger partial charge in [0.1, 0.15) is 0 Å². The molecule has 1 aromatic heterocycles. The highest BCUT2D eigenvalue weighted by Crippen LogP contribution is 2.17. The summed E-state index contributed by atoms with van der Waals surface area (Å²) in [5.74, 6) is 0. The molecule has 19 heavy (non-hydrogen) atoms. The summed E-state index contributed by atoms with van der Waals surface area (Å²) in [5.41, 5.74) is 1.15. The Bertz CT molecular complexity index is 385. The Labute approximate surface area is 125 Å². The van der Waals surface area contributed by atoms with Crippen LogP contribution in [0.15, 0.2) is 16.7 Å². The van der Waals surface area contributed by atoms with Crippen LogP contribution in [0.25, 0.3) is 6.08 Å². The summed E-state index contributed by atoms with van der Waals surface area (Å²) >= 11 is 3.55. The van der Waals surface area contributed by atoms with E-state index in [0.29, 0.717) is 0 Å². The molecule has 0 amide bonds. The molecule has 0 aliphatic carbocycles. The van der Waals surface area contributed by atoms with Gasteiger partial charge in [-0.05, 0) is 62.0 Å². The van der Waals surface area contributed by atoms with Crippen molar-refractivity contribution >= 4 is 22.0 Å². The van der Waals surface area contributed by atoms with E-state index in [1.54, 1.807) is 0 Å². The summed E-state index contributed by atoms with van der Waals surface area (Å²) in [4.78, 5) is 2.16. The van der Waals surface area contributed by atoms with Crippen LogP contribution >= 0.6 is 15.9 Å². The van der Waals surface area contributed by atoms with Gasteiger partial charge in [-0.25, -0.2) is 0 Å². The molecule has 0 spiro atoms. The normalized spacial score (nSPS) is 11.8. The Kier molecular flexibility index (Phi) is 8.02. The topological polar surface area (TPSA) is 33.1 Å². The molecule has 0 radical (unpaired) electrons. The van der Waals surface area contributed by atoms with E-state index in [0.717, 1.165) is 42.8 Å². The first-order valence-corrected chi connectivity index (χ1v) is 7.67. The third-order valence-corrected chi connectivity index (χ3v) is 3.39. The summed E-state index contributed by atoms with van der Waals surface area (Å²) in [6, 6.07) is 0. The molecule has 0 bridgehead atoms. The number of halogens is 1. The van der Waals surface area contributed by atoms with Crippen LogP contribution in [-0.2, 0) is 6.54 Å². The van der Waals surface area contributed by atoms with Gasteiger partial charge in [-0.15, -0.1) is 0 Å². The number of aromatic nitrogens is 2. The van der Waals surface area contributed by atoms with Crippen molar-refractivity contribution in [2.45, 2.75) is 26.3 Å².